The average Bonchev–Trinajstić information content (AvgIpc) is 1.98. The zero-order valence-corrected chi connectivity index (χ0v) is 5.83. The lowest BCUT2D eigenvalue weighted by atomic mass is 10.3. The molecule has 1 aromatic heterocycles. The average molecular weight is 128 g/mol. The first kappa shape index (κ1) is 5.76. The fraction of sp³-hybridized carbons (Fsp3) is 0.333. The quantitative estimate of drug-likeness (QED) is 0.528. The highest BCUT2D eigenvalue weighted by Gasteiger charge is 1.98. The molecule has 0 spiro atoms. The molecule has 0 aliphatic carbocycles. The van der Waals surface area contributed by atoms with Gasteiger partial charge in [0, 0.05) is 10.5 Å². The van der Waals surface area contributed by atoms with E-state index in [0.29, 0.717) is 0 Å². The molecule has 0 N–H and O–H groups in total. The van der Waals surface area contributed by atoms with Crippen molar-refractivity contribution in [1.29, 1.82) is 0 Å². The molecule has 0 aliphatic heterocycles. The van der Waals surface area contributed by atoms with Crippen molar-refractivity contribution in [1.82, 2.24) is 0 Å². The van der Waals surface area contributed by atoms with E-state index in [0.717, 1.165) is 16.2 Å². The summed E-state index contributed by atoms with van der Waals surface area (Å²) in [6.45, 7) is 3.87. The van der Waals surface area contributed by atoms with Crippen LogP contribution in [0.4, 0.5) is 0 Å². The van der Waals surface area contributed by atoms with Crippen molar-refractivity contribution in [3.8, 4) is 0 Å². The van der Waals surface area contributed by atoms with Crippen LogP contribution in [0.25, 0.3) is 0 Å². The number of furan rings is 1. The first-order valence-electron chi connectivity index (χ1n) is 2.45. The molecule has 2 heteroatoms. The summed E-state index contributed by atoms with van der Waals surface area (Å²) in [5.41, 5.74) is 1.10. The minimum absolute atomic E-state index is 0.894. The second-order valence-corrected chi connectivity index (χ2v) is 2.27. The maximum Gasteiger partial charge on any atom is 0.114 e. The summed E-state index contributed by atoms with van der Waals surface area (Å²) in [4.78, 5) is 0.963. The molecule has 1 nitrogen and oxygen atoms in total. The summed E-state index contributed by atoms with van der Waals surface area (Å²) in [7, 11) is 0. The molecular weight excluding hydrogens is 120 g/mol. The van der Waals surface area contributed by atoms with Crippen molar-refractivity contribution in [2.24, 2.45) is 0 Å². The highest BCUT2D eigenvalue weighted by Crippen LogP contribution is 2.18. The van der Waals surface area contributed by atoms with Crippen LogP contribution in [0.3, 0.4) is 0 Å². The van der Waals surface area contributed by atoms with Crippen LogP contribution in [0, 0.1) is 13.8 Å². The van der Waals surface area contributed by atoms with Gasteiger partial charge in [-0.25, -0.2) is 0 Å². The SMILES string of the molecule is Cc1coc(C)c1S. The van der Waals surface area contributed by atoms with Crippen LogP contribution in [0.1, 0.15) is 11.3 Å². The predicted molar refractivity (Wildman–Crippen MR) is 35.4 cm³/mol. The topological polar surface area (TPSA) is 13.1 Å². The van der Waals surface area contributed by atoms with Crippen LogP contribution in [0.15, 0.2) is 15.6 Å². The molecule has 0 fully saturated rings. The molecule has 0 unspecified atom stereocenters. The largest absolute Gasteiger partial charge is 0.468 e. The van der Waals surface area contributed by atoms with Gasteiger partial charge in [0.2, 0.25) is 0 Å². The second-order valence-electron chi connectivity index (χ2n) is 1.82. The van der Waals surface area contributed by atoms with E-state index < -0.39 is 0 Å². The highest BCUT2D eigenvalue weighted by atomic mass is 32.1. The standard InChI is InChI=1S/C6H8OS/c1-4-3-7-5(2)6(4)8/h3,8H,1-2H3. The Hall–Kier alpha value is -0.370. The highest BCUT2D eigenvalue weighted by molar-refractivity contribution is 7.80. The Morgan fingerprint density at radius 3 is 2.25 bits per heavy atom. The molecule has 44 valence electrons. The van der Waals surface area contributed by atoms with Crippen LogP contribution in [-0.4, -0.2) is 0 Å². The van der Waals surface area contributed by atoms with Crippen LogP contribution in [0.5, 0.6) is 0 Å². The first-order chi connectivity index (χ1) is 3.72. The fourth-order valence-corrected chi connectivity index (χ4v) is 0.671. The van der Waals surface area contributed by atoms with Gasteiger partial charge in [0.15, 0.2) is 0 Å². The van der Waals surface area contributed by atoms with Gasteiger partial charge >= 0.3 is 0 Å². The van der Waals surface area contributed by atoms with Gasteiger partial charge in [-0.3, -0.25) is 0 Å². The lowest BCUT2D eigenvalue weighted by Gasteiger charge is -1.82. The molecule has 0 radical (unpaired) electrons. The van der Waals surface area contributed by atoms with E-state index in [1.807, 2.05) is 13.8 Å². The van der Waals surface area contributed by atoms with Gasteiger partial charge in [-0.05, 0) is 13.8 Å². The fourth-order valence-electron chi connectivity index (χ4n) is 0.566. The van der Waals surface area contributed by atoms with Crippen molar-refractivity contribution in [3.63, 3.8) is 0 Å². The van der Waals surface area contributed by atoms with E-state index >= 15 is 0 Å². The summed E-state index contributed by atoms with van der Waals surface area (Å²) < 4.78 is 5.02. The molecule has 0 saturated carbocycles. The molecule has 0 bridgehead atoms. The van der Waals surface area contributed by atoms with E-state index in [9.17, 15) is 0 Å². The van der Waals surface area contributed by atoms with Gasteiger partial charge in [-0.15, -0.1) is 12.6 Å². The summed E-state index contributed by atoms with van der Waals surface area (Å²) in [6.07, 6.45) is 1.71. The van der Waals surface area contributed by atoms with Crippen molar-refractivity contribution >= 4 is 12.6 Å². The third kappa shape index (κ3) is 0.757. The Morgan fingerprint density at radius 1 is 1.50 bits per heavy atom. The number of thiol groups is 1. The molecule has 1 heterocycles. The Balaban J connectivity index is 3.19. The van der Waals surface area contributed by atoms with E-state index in [-0.39, 0.29) is 0 Å². The zero-order valence-electron chi connectivity index (χ0n) is 4.93. The van der Waals surface area contributed by atoms with Gasteiger partial charge < -0.3 is 4.42 Å². The van der Waals surface area contributed by atoms with Crippen molar-refractivity contribution in [2.45, 2.75) is 18.7 Å². The zero-order chi connectivity index (χ0) is 6.15. The van der Waals surface area contributed by atoms with Crippen LogP contribution in [0.2, 0.25) is 0 Å². The van der Waals surface area contributed by atoms with E-state index in [1.54, 1.807) is 6.26 Å². The first-order valence-corrected chi connectivity index (χ1v) is 2.90. The van der Waals surface area contributed by atoms with E-state index in [2.05, 4.69) is 12.6 Å². The molecular formula is C6H8OS. The summed E-state index contributed by atoms with van der Waals surface area (Å²) in [6, 6.07) is 0. The van der Waals surface area contributed by atoms with Crippen LogP contribution < -0.4 is 0 Å². The lowest BCUT2D eigenvalue weighted by Crippen LogP contribution is -1.65. The van der Waals surface area contributed by atoms with Gasteiger partial charge in [0.25, 0.3) is 0 Å². The molecule has 1 aromatic rings. The summed E-state index contributed by atoms with van der Waals surface area (Å²) in [5, 5.41) is 0. The summed E-state index contributed by atoms with van der Waals surface area (Å²) in [5.74, 6) is 0.894. The van der Waals surface area contributed by atoms with E-state index in [1.165, 1.54) is 0 Å². The molecule has 0 atom stereocenters. The number of aryl methyl sites for hydroxylation is 2. The monoisotopic (exact) mass is 128 g/mol. The Bertz CT molecular complexity index is 171. The minimum Gasteiger partial charge on any atom is -0.468 e. The maximum absolute atomic E-state index is 5.02. The van der Waals surface area contributed by atoms with Crippen LogP contribution in [-0.2, 0) is 0 Å². The predicted octanol–water partition coefficient (Wildman–Crippen LogP) is 2.19. The van der Waals surface area contributed by atoms with Gasteiger partial charge in [0.1, 0.15) is 5.76 Å². The third-order valence-electron chi connectivity index (χ3n) is 1.12. The van der Waals surface area contributed by atoms with Crippen LogP contribution >= 0.6 is 12.6 Å². The Labute approximate surface area is 54.1 Å². The Morgan fingerprint density at radius 2 is 2.12 bits per heavy atom. The normalized spacial score (nSPS) is 9.88. The Kier molecular flexibility index (Phi) is 1.34. The molecule has 0 amide bonds. The van der Waals surface area contributed by atoms with Crippen molar-refractivity contribution in [2.75, 3.05) is 0 Å². The summed E-state index contributed by atoms with van der Waals surface area (Å²) >= 11 is 4.17. The second kappa shape index (κ2) is 1.86. The van der Waals surface area contributed by atoms with Gasteiger partial charge in [0.05, 0.1) is 6.26 Å². The van der Waals surface area contributed by atoms with Crippen molar-refractivity contribution < 1.29 is 4.42 Å². The molecule has 8 heavy (non-hydrogen) atoms. The number of hydrogen-bond donors (Lipinski definition) is 1. The van der Waals surface area contributed by atoms with Crippen molar-refractivity contribution in [3.05, 3.63) is 17.6 Å². The maximum atomic E-state index is 5.02. The smallest absolute Gasteiger partial charge is 0.114 e. The lowest BCUT2D eigenvalue weighted by molar-refractivity contribution is 0.526. The van der Waals surface area contributed by atoms with Gasteiger partial charge in [-0.1, -0.05) is 0 Å². The van der Waals surface area contributed by atoms with E-state index in [4.69, 9.17) is 4.42 Å². The molecule has 0 saturated heterocycles. The minimum atomic E-state index is 0.894. The number of hydrogen-bond acceptors (Lipinski definition) is 2. The number of rotatable bonds is 0. The third-order valence-corrected chi connectivity index (χ3v) is 1.79. The molecule has 0 aromatic carbocycles. The molecule has 0 aliphatic rings. The molecule has 1 rings (SSSR count). The van der Waals surface area contributed by atoms with Gasteiger partial charge in [-0.2, -0.15) is 0 Å².